The van der Waals surface area contributed by atoms with E-state index >= 15 is 0 Å². The van der Waals surface area contributed by atoms with Crippen LogP contribution in [0.1, 0.15) is 26.2 Å². The van der Waals surface area contributed by atoms with Crippen molar-refractivity contribution in [1.29, 1.82) is 0 Å². The van der Waals surface area contributed by atoms with E-state index in [4.69, 9.17) is 5.11 Å². The van der Waals surface area contributed by atoms with Gasteiger partial charge in [0.25, 0.3) is 0 Å². The smallest absolute Gasteiger partial charge is 0.328 e. The number of hydrogen-bond donors (Lipinski definition) is 3. The zero-order chi connectivity index (χ0) is 12.8. The van der Waals surface area contributed by atoms with Crippen molar-refractivity contribution in [1.82, 2.24) is 5.32 Å². The van der Waals surface area contributed by atoms with Crippen molar-refractivity contribution in [2.75, 3.05) is 11.5 Å². The molecule has 0 radical (unpaired) electrons. The summed E-state index contributed by atoms with van der Waals surface area (Å²) in [5.41, 5.74) is 0. The van der Waals surface area contributed by atoms with Crippen LogP contribution >= 0.6 is 11.8 Å². The summed E-state index contributed by atoms with van der Waals surface area (Å²) in [6.07, 6.45) is 1.28. The lowest BCUT2D eigenvalue weighted by molar-refractivity contribution is -0.144. The third-order valence-corrected chi connectivity index (χ3v) is 3.93. The Morgan fingerprint density at radius 1 is 1.41 bits per heavy atom. The predicted molar refractivity (Wildman–Crippen MR) is 65.9 cm³/mol. The molecule has 98 valence electrons. The van der Waals surface area contributed by atoms with E-state index in [9.17, 15) is 14.7 Å². The van der Waals surface area contributed by atoms with Crippen molar-refractivity contribution < 1.29 is 19.8 Å². The van der Waals surface area contributed by atoms with E-state index in [1.807, 2.05) is 11.8 Å². The predicted octanol–water partition coefficient (Wildman–Crippen LogP) is 0.470. The molecule has 0 saturated carbocycles. The third kappa shape index (κ3) is 4.95. The fraction of sp³-hybridized carbons (Fsp3) is 0.818. The van der Waals surface area contributed by atoms with Gasteiger partial charge in [-0.2, -0.15) is 11.8 Å². The first-order valence-corrected chi connectivity index (χ1v) is 6.94. The first-order chi connectivity index (χ1) is 8.00. The van der Waals surface area contributed by atoms with Gasteiger partial charge in [0.1, 0.15) is 0 Å². The maximum atomic E-state index is 11.6. The topological polar surface area (TPSA) is 86.6 Å². The molecular weight excluding hydrogens is 242 g/mol. The van der Waals surface area contributed by atoms with Crippen LogP contribution in [-0.2, 0) is 9.59 Å². The first-order valence-electron chi connectivity index (χ1n) is 5.78. The SMILES string of the molecule is C[C@@H](O)[C@H](NC(=O)CC1CCSCC1)C(=O)O. The van der Waals surface area contributed by atoms with Crippen LogP contribution in [-0.4, -0.2) is 45.7 Å². The summed E-state index contributed by atoms with van der Waals surface area (Å²) < 4.78 is 0. The molecule has 0 aromatic rings. The number of carbonyl (C=O) groups is 2. The van der Waals surface area contributed by atoms with Crippen LogP contribution in [0.15, 0.2) is 0 Å². The highest BCUT2D eigenvalue weighted by molar-refractivity contribution is 7.99. The van der Waals surface area contributed by atoms with Gasteiger partial charge >= 0.3 is 5.97 Å². The molecule has 17 heavy (non-hydrogen) atoms. The number of aliphatic hydroxyl groups is 1. The number of hydrogen-bond acceptors (Lipinski definition) is 4. The maximum absolute atomic E-state index is 11.6. The number of rotatable bonds is 5. The largest absolute Gasteiger partial charge is 0.480 e. The van der Waals surface area contributed by atoms with Crippen LogP contribution in [0.4, 0.5) is 0 Å². The van der Waals surface area contributed by atoms with Gasteiger partial charge in [-0.1, -0.05) is 0 Å². The minimum Gasteiger partial charge on any atom is -0.480 e. The Bertz CT molecular complexity index is 277. The molecule has 3 N–H and O–H groups in total. The molecule has 0 spiro atoms. The number of thioether (sulfide) groups is 1. The highest BCUT2D eigenvalue weighted by Gasteiger charge is 2.26. The number of aliphatic carboxylic acids is 1. The van der Waals surface area contributed by atoms with Crippen molar-refractivity contribution in [2.24, 2.45) is 5.92 Å². The number of aliphatic hydroxyl groups excluding tert-OH is 1. The molecule has 1 heterocycles. The first kappa shape index (κ1) is 14.3. The summed E-state index contributed by atoms with van der Waals surface area (Å²) in [4.78, 5) is 22.4. The van der Waals surface area contributed by atoms with E-state index in [1.165, 1.54) is 6.92 Å². The summed E-state index contributed by atoms with van der Waals surface area (Å²) in [7, 11) is 0. The Hall–Kier alpha value is -0.750. The van der Waals surface area contributed by atoms with Gasteiger partial charge in [0.2, 0.25) is 5.91 Å². The second-order valence-corrected chi connectivity index (χ2v) is 5.61. The quantitative estimate of drug-likeness (QED) is 0.669. The lowest BCUT2D eigenvalue weighted by Crippen LogP contribution is -2.48. The van der Waals surface area contributed by atoms with E-state index in [2.05, 4.69) is 5.32 Å². The fourth-order valence-corrected chi connectivity index (χ4v) is 3.04. The molecule has 5 nitrogen and oxygen atoms in total. The molecule has 0 aliphatic carbocycles. The average molecular weight is 261 g/mol. The second kappa shape index (κ2) is 6.86. The maximum Gasteiger partial charge on any atom is 0.328 e. The Labute approximate surface area is 105 Å². The van der Waals surface area contributed by atoms with Gasteiger partial charge in [-0.25, -0.2) is 4.79 Å². The van der Waals surface area contributed by atoms with Gasteiger partial charge in [0, 0.05) is 6.42 Å². The highest BCUT2D eigenvalue weighted by Crippen LogP contribution is 2.25. The summed E-state index contributed by atoms with van der Waals surface area (Å²) >= 11 is 1.88. The van der Waals surface area contributed by atoms with Crippen molar-refractivity contribution in [3.63, 3.8) is 0 Å². The normalized spacial score (nSPS) is 20.6. The molecule has 1 aliphatic heterocycles. The number of carboxylic acid groups (broad SMARTS) is 1. The minimum atomic E-state index is -1.21. The lowest BCUT2D eigenvalue weighted by atomic mass is 9.98. The van der Waals surface area contributed by atoms with E-state index in [-0.39, 0.29) is 5.91 Å². The monoisotopic (exact) mass is 261 g/mol. The molecule has 0 aromatic carbocycles. The Balaban J connectivity index is 2.38. The van der Waals surface area contributed by atoms with E-state index in [1.54, 1.807) is 0 Å². The molecule has 1 saturated heterocycles. The Kier molecular flexibility index (Phi) is 5.77. The molecule has 0 unspecified atom stereocenters. The highest BCUT2D eigenvalue weighted by atomic mass is 32.2. The molecule has 1 amide bonds. The van der Waals surface area contributed by atoms with Gasteiger partial charge in [0.05, 0.1) is 6.10 Å². The Morgan fingerprint density at radius 2 is 2.00 bits per heavy atom. The van der Waals surface area contributed by atoms with Gasteiger partial charge in [-0.3, -0.25) is 4.79 Å². The third-order valence-electron chi connectivity index (χ3n) is 2.88. The van der Waals surface area contributed by atoms with Gasteiger partial charge < -0.3 is 15.5 Å². The number of carbonyl (C=O) groups excluding carboxylic acids is 1. The van der Waals surface area contributed by atoms with Gasteiger partial charge in [-0.15, -0.1) is 0 Å². The zero-order valence-electron chi connectivity index (χ0n) is 9.89. The van der Waals surface area contributed by atoms with E-state index in [0.29, 0.717) is 12.3 Å². The molecule has 0 bridgehead atoms. The van der Waals surface area contributed by atoms with Crippen LogP contribution in [0.25, 0.3) is 0 Å². The summed E-state index contributed by atoms with van der Waals surface area (Å²) in [5.74, 6) is 0.996. The molecular formula is C11H19NO4S. The van der Waals surface area contributed by atoms with E-state index < -0.39 is 18.1 Å². The molecule has 6 heteroatoms. The van der Waals surface area contributed by atoms with E-state index in [0.717, 1.165) is 24.3 Å². The summed E-state index contributed by atoms with van der Waals surface area (Å²) in [6, 6.07) is -1.21. The molecule has 1 aliphatic rings. The van der Waals surface area contributed by atoms with Crippen LogP contribution in [0.3, 0.4) is 0 Å². The summed E-state index contributed by atoms with van der Waals surface area (Å²) in [5, 5.41) is 20.4. The average Bonchev–Trinajstić information content (AvgIpc) is 2.26. The van der Waals surface area contributed by atoms with Crippen LogP contribution in [0, 0.1) is 5.92 Å². The van der Waals surface area contributed by atoms with Crippen molar-refractivity contribution in [2.45, 2.75) is 38.3 Å². The van der Waals surface area contributed by atoms with Gasteiger partial charge in [-0.05, 0) is 37.2 Å². The van der Waals surface area contributed by atoms with Crippen LogP contribution in [0.5, 0.6) is 0 Å². The van der Waals surface area contributed by atoms with Gasteiger partial charge in [0.15, 0.2) is 6.04 Å². The minimum absolute atomic E-state index is 0.282. The fourth-order valence-electron chi connectivity index (χ4n) is 1.83. The lowest BCUT2D eigenvalue weighted by Gasteiger charge is -2.22. The molecule has 1 fully saturated rings. The van der Waals surface area contributed by atoms with Crippen molar-refractivity contribution in [3.8, 4) is 0 Å². The second-order valence-electron chi connectivity index (χ2n) is 4.38. The molecule has 1 rings (SSSR count). The molecule has 0 aromatic heterocycles. The van der Waals surface area contributed by atoms with Crippen LogP contribution < -0.4 is 5.32 Å². The molecule has 2 atom stereocenters. The number of carboxylic acids is 1. The number of amides is 1. The summed E-state index contributed by atoms with van der Waals surface area (Å²) in [6.45, 7) is 1.36. The standard InChI is InChI=1S/C11H19NO4S/c1-7(13)10(11(15)16)12-9(14)6-8-2-4-17-5-3-8/h7-8,10,13H,2-6H2,1H3,(H,12,14)(H,15,16)/t7-,10+/m1/s1. The zero-order valence-corrected chi connectivity index (χ0v) is 10.7. The Morgan fingerprint density at radius 3 is 2.47 bits per heavy atom. The van der Waals surface area contributed by atoms with Crippen LogP contribution in [0.2, 0.25) is 0 Å². The van der Waals surface area contributed by atoms with Crippen molar-refractivity contribution in [3.05, 3.63) is 0 Å². The van der Waals surface area contributed by atoms with Crippen molar-refractivity contribution >= 4 is 23.6 Å². The number of nitrogens with one attached hydrogen (secondary N) is 1.